The Hall–Kier alpha value is -2.53. The monoisotopic (exact) mass is 295 g/mol. The van der Waals surface area contributed by atoms with Gasteiger partial charge in [0, 0.05) is 5.56 Å². The van der Waals surface area contributed by atoms with Crippen molar-refractivity contribution >= 4 is 28.2 Å². The lowest BCUT2D eigenvalue weighted by Crippen LogP contribution is -2.21. The van der Waals surface area contributed by atoms with E-state index in [0.717, 1.165) is 22.2 Å². The number of aromatic nitrogens is 2. The van der Waals surface area contributed by atoms with Gasteiger partial charge in [-0.3, -0.25) is 4.79 Å². The van der Waals surface area contributed by atoms with Gasteiger partial charge in [0.15, 0.2) is 0 Å². The summed E-state index contributed by atoms with van der Waals surface area (Å²) in [6.07, 6.45) is 1.35. The number of rotatable bonds is 3. The van der Waals surface area contributed by atoms with Crippen molar-refractivity contribution < 1.29 is 0 Å². The molecule has 4 nitrogen and oxygen atoms in total. The minimum absolute atomic E-state index is 0.130. The van der Waals surface area contributed by atoms with Crippen LogP contribution < -0.4 is 11.3 Å². The number of fused-ring (bicyclic) bond motifs is 1. The molecule has 0 aliphatic carbocycles. The fourth-order valence-electron chi connectivity index (χ4n) is 2.28. The molecule has 0 radical (unpaired) electrons. The molecule has 0 aliphatic rings. The van der Waals surface area contributed by atoms with Gasteiger partial charge < -0.3 is 10.3 Å². The van der Waals surface area contributed by atoms with Gasteiger partial charge in [-0.2, -0.15) is 0 Å². The van der Waals surface area contributed by atoms with Gasteiger partial charge in [0.1, 0.15) is 4.99 Å². The minimum atomic E-state index is -0.130. The van der Waals surface area contributed by atoms with E-state index in [4.69, 9.17) is 18.0 Å². The van der Waals surface area contributed by atoms with E-state index in [1.54, 1.807) is 4.57 Å². The smallest absolute Gasteiger partial charge is 0.269 e. The van der Waals surface area contributed by atoms with Crippen LogP contribution in [0.5, 0.6) is 0 Å². The van der Waals surface area contributed by atoms with Gasteiger partial charge in [-0.25, -0.2) is 4.98 Å². The molecule has 3 aromatic rings. The third-order valence-electron chi connectivity index (χ3n) is 3.30. The van der Waals surface area contributed by atoms with Crippen molar-refractivity contribution in [1.29, 1.82) is 0 Å². The van der Waals surface area contributed by atoms with E-state index < -0.39 is 0 Å². The first-order valence-corrected chi connectivity index (χ1v) is 6.89. The summed E-state index contributed by atoms with van der Waals surface area (Å²) in [6, 6.07) is 15.2. The highest BCUT2D eigenvalue weighted by atomic mass is 32.1. The average molecular weight is 295 g/mol. The van der Waals surface area contributed by atoms with Crippen molar-refractivity contribution in [2.24, 2.45) is 5.73 Å². The third-order valence-corrected chi connectivity index (χ3v) is 3.54. The fraction of sp³-hybridized carbons (Fsp3) is 0.0625. The molecule has 0 saturated heterocycles. The van der Waals surface area contributed by atoms with Crippen LogP contribution in [0.3, 0.4) is 0 Å². The molecule has 0 aliphatic heterocycles. The van der Waals surface area contributed by atoms with Crippen LogP contribution in [0.15, 0.2) is 59.5 Å². The van der Waals surface area contributed by atoms with Crippen molar-refractivity contribution in [3.05, 3.63) is 76.2 Å². The third kappa shape index (κ3) is 2.68. The molecule has 2 aromatic carbocycles. The van der Waals surface area contributed by atoms with Crippen molar-refractivity contribution in [3.63, 3.8) is 0 Å². The second-order valence-corrected chi connectivity index (χ2v) is 5.18. The van der Waals surface area contributed by atoms with E-state index in [1.165, 1.54) is 6.20 Å². The summed E-state index contributed by atoms with van der Waals surface area (Å²) >= 11 is 4.99. The first-order chi connectivity index (χ1) is 10.1. The van der Waals surface area contributed by atoms with Gasteiger partial charge in [0.2, 0.25) is 0 Å². The highest BCUT2D eigenvalue weighted by Crippen LogP contribution is 2.12. The van der Waals surface area contributed by atoms with Crippen LogP contribution in [0.1, 0.15) is 11.1 Å². The molecule has 0 amide bonds. The van der Waals surface area contributed by atoms with E-state index in [0.29, 0.717) is 11.5 Å². The minimum Gasteiger partial charge on any atom is -0.389 e. The van der Waals surface area contributed by atoms with E-state index >= 15 is 0 Å². The van der Waals surface area contributed by atoms with Crippen molar-refractivity contribution in [2.75, 3.05) is 0 Å². The Balaban J connectivity index is 2.10. The topological polar surface area (TPSA) is 60.9 Å². The lowest BCUT2D eigenvalue weighted by atomic mass is 10.1. The number of hydrogen-bond acceptors (Lipinski definition) is 3. The number of nitrogens with two attached hydrogens (primary N) is 1. The van der Waals surface area contributed by atoms with Crippen LogP contribution in [-0.2, 0) is 6.54 Å². The zero-order valence-corrected chi connectivity index (χ0v) is 12.0. The maximum Gasteiger partial charge on any atom is 0.269 e. The molecule has 0 saturated carbocycles. The number of nitrogens with zero attached hydrogens (tertiary/aromatic N) is 2. The molecule has 21 heavy (non-hydrogen) atoms. The Morgan fingerprint density at radius 2 is 2.00 bits per heavy atom. The summed E-state index contributed by atoms with van der Waals surface area (Å²) in [5, 5.41) is 0. The molecule has 2 N–H and O–H groups in total. The summed E-state index contributed by atoms with van der Waals surface area (Å²) in [6.45, 7) is 0.457. The highest BCUT2D eigenvalue weighted by molar-refractivity contribution is 7.80. The number of benzene rings is 2. The molecule has 0 spiro atoms. The second kappa shape index (κ2) is 5.46. The van der Waals surface area contributed by atoms with Crippen LogP contribution in [0.25, 0.3) is 11.0 Å². The summed E-state index contributed by atoms with van der Waals surface area (Å²) in [5.41, 5.74) is 8.90. The Labute approximate surface area is 126 Å². The predicted octanol–water partition coefficient (Wildman–Crippen LogP) is 2.08. The Morgan fingerprint density at radius 3 is 2.81 bits per heavy atom. The molecule has 0 bridgehead atoms. The maximum absolute atomic E-state index is 12.1. The molecule has 0 atom stereocenters. The highest BCUT2D eigenvalue weighted by Gasteiger charge is 2.05. The molecule has 104 valence electrons. The Bertz CT molecular complexity index is 886. The SMILES string of the molecule is NC(=S)c1cccc(Cn2c(=O)cnc3ccccc32)c1. The van der Waals surface area contributed by atoms with Crippen LogP contribution in [0.2, 0.25) is 0 Å². The van der Waals surface area contributed by atoms with Crippen molar-refractivity contribution in [1.82, 2.24) is 9.55 Å². The van der Waals surface area contributed by atoms with Crippen molar-refractivity contribution in [3.8, 4) is 0 Å². The molecule has 5 heteroatoms. The van der Waals surface area contributed by atoms with Crippen LogP contribution in [0.4, 0.5) is 0 Å². The normalized spacial score (nSPS) is 10.7. The van der Waals surface area contributed by atoms with Crippen LogP contribution >= 0.6 is 12.2 Å². The molecule has 0 fully saturated rings. The van der Waals surface area contributed by atoms with Gasteiger partial charge >= 0.3 is 0 Å². The first kappa shape index (κ1) is 13.5. The van der Waals surface area contributed by atoms with E-state index in [2.05, 4.69) is 4.98 Å². The van der Waals surface area contributed by atoms with E-state index in [1.807, 2.05) is 48.5 Å². The van der Waals surface area contributed by atoms with Gasteiger partial charge in [0.05, 0.1) is 23.8 Å². The molecule has 0 unspecified atom stereocenters. The summed E-state index contributed by atoms with van der Waals surface area (Å²) in [4.78, 5) is 16.6. The standard InChI is InChI=1S/C16H13N3OS/c17-16(21)12-5-3-4-11(8-12)10-19-14-7-2-1-6-13(14)18-9-15(19)20/h1-9H,10H2,(H2,17,21). The molecule has 3 rings (SSSR count). The van der Waals surface area contributed by atoms with Gasteiger partial charge in [-0.15, -0.1) is 0 Å². The Morgan fingerprint density at radius 1 is 1.19 bits per heavy atom. The molecular formula is C16H13N3OS. The first-order valence-electron chi connectivity index (χ1n) is 6.48. The zero-order valence-electron chi connectivity index (χ0n) is 11.2. The fourth-order valence-corrected chi connectivity index (χ4v) is 2.41. The number of para-hydroxylation sites is 2. The van der Waals surface area contributed by atoms with Crippen molar-refractivity contribution in [2.45, 2.75) is 6.54 Å². The van der Waals surface area contributed by atoms with Crippen LogP contribution in [-0.4, -0.2) is 14.5 Å². The van der Waals surface area contributed by atoms with Crippen LogP contribution in [0, 0.1) is 0 Å². The Kier molecular flexibility index (Phi) is 3.50. The summed E-state index contributed by atoms with van der Waals surface area (Å²) in [7, 11) is 0. The van der Waals surface area contributed by atoms with E-state index in [-0.39, 0.29) is 5.56 Å². The summed E-state index contributed by atoms with van der Waals surface area (Å²) < 4.78 is 1.70. The van der Waals surface area contributed by atoms with Gasteiger partial charge in [-0.05, 0) is 23.8 Å². The van der Waals surface area contributed by atoms with Gasteiger partial charge in [0.25, 0.3) is 5.56 Å². The molecule has 1 heterocycles. The molecule has 1 aromatic heterocycles. The zero-order chi connectivity index (χ0) is 14.8. The van der Waals surface area contributed by atoms with Gasteiger partial charge in [-0.1, -0.05) is 42.5 Å². The molecular weight excluding hydrogens is 282 g/mol. The quantitative estimate of drug-likeness (QED) is 0.752. The lowest BCUT2D eigenvalue weighted by molar-refractivity contribution is 0.787. The lowest BCUT2D eigenvalue weighted by Gasteiger charge is -2.10. The summed E-state index contributed by atoms with van der Waals surface area (Å²) in [5.74, 6) is 0. The second-order valence-electron chi connectivity index (χ2n) is 4.74. The number of hydrogen-bond donors (Lipinski definition) is 1. The maximum atomic E-state index is 12.1. The average Bonchev–Trinajstić information content (AvgIpc) is 2.50. The largest absolute Gasteiger partial charge is 0.389 e. The predicted molar refractivity (Wildman–Crippen MR) is 87.4 cm³/mol. The van der Waals surface area contributed by atoms with E-state index in [9.17, 15) is 4.79 Å². The number of thiocarbonyl (C=S) groups is 1.